The van der Waals surface area contributed by atoms with E-state index in [2.05, 4.69) is 25.7 Å². The zero-order valence-corrected chi connectivity index (χ0v) is 18.2. The first kappa shape index (κ1) is 21.1. The van der Waals surface area contributed by atoms with Gasteiger partial charge in [0.1, 0.15) is 10.6 Å². The fourth-order valence-corrected chi connectivity index (χ4v) is 4.50. The van der Waals surface area contributed by atoms with Crippen LogP contribution in [0.2, 0.25) is 0 Å². The second kappa shape index (κ2) is 9.00. The smallest absolute Gasteiger partial charge is 0.265 e. The number of aromatic nitrogens is 2. The minimum atomic E-state index is -0.498. The zero-order chi connectivity index (χ0) is 22.8. The highest BCUT2D eigenvalue weighted by Gasteiger charge is 2.18. The number of anilines is 3. The highest BCUT2D eigenvalue weighted by atomic mass is 32.1. The molecule has 0 atom stereocenters. The van der Waals surface area contributed by atoms with Crippen LogP contribution < -0.4 is 15.5 Å². The molecule has 4 aromatic rings. The SMILES string of the molecule is O=C(Nc1n[nH]c2sc(C(=O)Nc3ccc(N4CCOCC4)cc3)cc12)c1cccc(F)c1. The van der Waals surface area contributed by atoms with Crippen molar-refractivity contribution in [1.29, 1.82) is 0 Å². The van der Waals surface area contributed by atoms with E-state index in [-0.39, 0.29) is 17.3 Å². The summed E-state index contributed by atoms with van der Waals surface area (Å²) in [5.41, 5.74) is 1.96. The van der Waals surface area contributed by atoms with Crippen molar-refractivity contribution < 1.29 is 18.7 Å². The molecule has 0 radical (unpaired) electrons. The van der Waals surface area contributed by atoms with Crippen LogP contribution in [-0.2, 0) is 4.74 Å². The van der Waals surface area contributed by atoms with Crippen molar-refractivity contribution in [3.8, 4) is 0 Å². The first-order valence-corrected chi connectivity index (χ1v) is 11.2. The predicted molar refractivity (Wildman–Crippen MR) is 126 cm³/mol. The van der Waals surface area contributed by atoms with E-state index >= 15 is 0 Å². The average Bonchev–Trinajstić information content (AvgIpc) is 3.42. The van der Waals surface area contributed by atoms with E-state index in [0.717, 1.165) is 24.8 Å². The van der Waals surface area contributed by atoms with E-state index in [1.165, 1.54) is 29.5 Å². The molecule has 1 fully saturated rings. The van der Waals surface area contributed by atoms with Crippen molar-refractivity contribution >= 4 is 50.6 Å². The van der Waals surface area contributed by atoms with E-state index in [1.54, 1.807) is 6.07 Å². The topological polar surface area (TPSA) is 99.3 Å². The zero-order valence-electron chi connectivity index (χ0n) is 17.4. The van der Waals surface area contributed by atoms with Gasteiger partial charge in [0.15, 0.2) is 5.82 Å². The van der Waals surface area contributed by atoms with Crippen molar-refractivity contribution in [3.63, 3.8) is 0 Å². The number of rotatable bonds is 5. The van der Waals surface area contributed by atoms with Gasteiger partial charge in [-0.25, -0.2) is 4.39 Å². The minimum Gasteiger partial charge on any atom is -0.378 e. The third kappa shape index (κ3) is 4.57. The number of benzene rings is 2. The van der Waals surface area contributed by atoms with Crippen LogP contribution in [-0.4, -0.2) is 48.3 Å². The molecule has 10 heteroatoms. The Morgan fingerprint density at radius 1 is 1.03 bits per heavy atom. The average molecular weight is 466 g/mol. The monoisotopic (exact) mass is 465 g/mol. The van der Waals surface area contributed by atoms with Crippen molar-refractivity contribution in [2.24, 2.45) is 0 Å². The fourth-order valence-electron chi connectivity index (χ4n) is 3.60. The molecule has 2 aromatic heterocycles. The lowest BCUT2D eigenvalue weighted by molar-refractivity contribution is 0.102. The van der Waals surface area contributed by atoms with E-state index in [1.807, 2.05) is 24.3 Å². The molecular weight excluding hydrogens is 445 g/mol. The molecule has 0 unspecified atom stereocenters. The van der Waals surface area contributed by atoms with Crippen molar-refractivity contribution in [1.82, 2.24) is 10.2 Å². The molecule has 0 spiro atoms. The number of hydrogen-bond donors (Lipinski definition) is 3. The molecule has 2 amide bonds. The standard InChI is InChI=1S/C23H20FN5O3S/c24-15-3-1-2-14(12-15)21(30)26-20-18-13-19(33-23(18)28-27-20)22(31)25-16-4-6-17(7-5-16)29-8-10-32-11-9-29/h1-7,12-13H,8-11H2,(H,25,31)(H2,26,27,28,30). The Balaban J connectivity index is 1.27. The number of halogens is 1. The molecule has 1 aliphatic rings. The molecule has 2 aromatic carbocycles. The van der Waals surface area contributed by atoms with Gasteiger partial charge in [0, 0.05) is 30.0 Å². The summed E-state index contributed by atoms with van der Waals surface area (Å²) < 4.78 is 18.8. The Morgan fingerprint density at radius 3 is 2.58 bits per heavy atom. The molecule has 5 rings (SSSR count). The lowest BCUT2D eigenvalue weighted by atomic mass is 10.2. The summed E-state index contributed by atoms with van der Waals surface area (Å²) >= 11 is 1.23. The van der Waals surface area contributed by atoms with Gasteiger partial charge >= 0.3 is 0 Å². The Hall–Kier alpha value is -3.76. The maximum atomic E-state index is 13.4. The normalized spacial score (nSPS) is 13.8. The third-order valence-corrected chi connectivity index (χ3v) is 6.34. The summed E-state index contributed by atoms with van der Waals surface area (Å²) in [5.74, 6) is -0.960. The number of nitrogens with one attached hydrogen (secondary N) is 3. The van der Waals surface area contributed by atoms with Crippen molar-refractivity contribution in [3.05, 3.63) is 70.9 Å². The fraction of sp³-hybridized carbons (Fsp3) is 0.174. The molecule has 8 nitrogen and oxygen atoms in total. The Bertz CT molecular complexity index is 1310. The van der Waals surface area contributed by atoms with Crippen LogP contribution in [0.1, 0.15) is 20.0 Å². The number of carbonyl (C=O) groups excluding carboxylic acids is 2. The highest BCUT2D eigenvalue weighted by Crippen LogP contribution is 2.30. The first-order valence-electron chi connectivity index (χ1n) is 10.4. The maximum absolute atomic E-state index is 13.4. The Morgan fingerprint density at radius 2 is 1.82 bits per heavy atom. The summed E-state index contributed by atoms with van der Waals surface area (Å²) in [5, 5.41) is 13.1. The summed E-state index contributed by atoms with van der Waals surface area (Å²) in [6.07, 6.45) is 0. The second-order valence-corrected chi connectivity index (χ2v) is 8.54. The number of fused-ring (bicyclic) bond motifs is 1. The number of thiophene rings is 1. The van der Waals surface area contributed by atoms with Gasteiger partial charge in [0.05, 0.1) is 23.5 Å². The third-order valence-electron chi connectivity index (χ3n) is 5.30. The molecule has 0 aliphatic carbocycles. The Kier molecular flexibility index (Phi) is 5.76. The van der Waals surface area contributed by atoms with Gasteiger partial charge in [0.25, 0.3) is 11.8 Å². The van der Waals surface area contributed by atoms with E-state index in [4.69, 9.17) is 4.74 Å². The highest BCUT2D eigenvalue weighted by molar-refractivity contribution is 7.20. The first-order chi connectivity index (χ1) is 16.1. The molecule has 168 valence electrons. The van der Waals surface area contributed by atoms with Gasteiger partial charge in [-0.15, -0.1) is 11.3 Å². The van der Waals surface area contributed by atoms with Gasteiger partial charge in [0.2, 0.25) is 0 Å². The minimum absolute atomic E-state index is 0.180. The molecule has 1 aliphatic heterocycles. The van der Waals surface area contributed by atoms with Crippen molar-refractivity contribution in [2.45, 2.75) is 0 Å². The number of hydrogen-bond acceptors (Lipinski definition) is 6. The van der Waals surface area contributed by atoms with Crippen molar-refractivity contribution in [2.75, 3.05) is 41.8 Å². The number of carbonyl (C=O) groups is 2. The lowest BCUT2D eigenvalue weighted by Gasteiger charge is -2.28. The van der Waals surface area contributed by atoms with Gasteiger partial charge < -0.3 is 20.3 Å². The van der Waals surface area contributed by atoms with Crippen LogP contribution in [0, 0.1) is 5.82 Å². The quantitative estimate of drug-likeness (QED) is 0.412. The molecule has 0 bridgehead atoms. The summed E-state index contributed by atoms with van der Waals surface area (Å²) in [4.78, 5) is 28.5. The van der Waals surface area contributed by atoms with Crippen LogP contribution in [0.15, 0.2) is 54.6 Å². The van der Waals surface area contributed by atoms with Gasteiger partial charge in [-0.1, -0.05) is 6.07 Å². The van der Waals surface area contributed by atoms with Gasteiger partial charge in [-0.3, -0.25) is 14.7 Å². The number of H-pyrrole nitrogens is 1. The van der Waals surface area contributed by atoms with Crippen LogP contribution in [0.3, 0.4) is 0 Å². The van der Waals surface area contributed by atoms with E-state index in [0.29, 0.717) is 34.0 Å². The molecule has 1 saturated heterocycles. The van der Waals surface area contributed by atoms with Gasteiger partial charge in [-0.05, 0) is 48.5 Å². The van der Waals surface area contributed by atoms with Crippen LogP contribution in [0.5, 0.6) is 0 Å². The lowest BCUT2D eigenvalue weighted by Crippen LogP contribution is -2.36. The summed E-state index contributed by atoms with van der Waals surface area (Å²) in [6.45, 7) is 3.12. The van der Waals surface area contributed by atoms with Crippen LogP contribution >= 0.6 is 11.3 Å². The number of nitrogens with zero attached hydrogens (tertiary/aromatic N) is 2. The van der Waals surface area contributed by atoms with Gasteiger partial charge in [-0.2, -0.15) is 5.10 Å². The van der Waals surface area contributed by atoms with E-state index in [9.17, 15) is 14.0 Å². The van der Waals surface area contributed by atoms with E-state index < -0.39 is 11.7 Å². The number of morpholine rings is 1. The Labute approximate surface area is 192 Å². The molecule has 3 N–H and O–H groups in total. The number of aromatic amines is 1. The predicted octanol–water partition coefficient (Wildman–Crippen LogP) is 4.10. The van der Waals surface area contributed by atoms with Crippen LogP contribution in [0.4, 0.5) is 21.6 Å². The molecule has 3 heterocycles. The van der Waals surface area contributed by atoms with Crippen LogP contribution in [0.25, 0.3) is 10.2 Å². The molecular formula is C23H20FN5O3S. The molecule has 0 saturated carbocycles. The number of amides is 2. The summed E-state index contributed by atoms with van der Waals surface area (Å²) in [7, 11) is 0. The second-order valence-electron chi connectivity index (χ2n) is 7.49. The largest absolute Gasteiger partial charge is 0.378 e. The summed E-state index contributed by atoms with van der Waals surface area (Å²) in [6, 6.07) is 14.8. The molecule has 33 heavy (non-hydrogen) atoms. The maximum Gasteiger partial charge on any atom is 0.265 e. The number of ether oxygens (including phenoxy) is 1.